The van der Waals surface area contributed by atoms with Crippen LogP contribution in [-0.4, -0.2) is 37.0 Å². The van der Waals surface area contributed by atoms with E-state index in [-0.39, 0.29) is 11.8 Å². The average molecular weight is 537 g/mol. The van der Waals surface area contributed by atoms with Crippen molar-refractivity contribution in [3.8, 4) is 11.5 Å². The number of rotatable bonds is 13. The first kappa shape index (κ1) is 28.4. The predicted molar refractivity (Wildman–Crippen MR) is 157 cm³/mol. The third-order valence-electron chi connectivity index (χ3n) is 6.88. The van der Waals surface area contributed by atoms with Crippen LogP contribution >= 0.6 is 0 Å². The van der Waals surface area contributed by atoms with Gasteiger partial charge in [-0.15, -0.1) is 0 Å². The molecule has 1 N–H and O–H groups in total. The highest BCUT2D eigenvalue weighted by Crippen LogP contribution is 2.19. The maximum absolute atomic E-state index is 13.8. The van der Waals surface area contributed by atoms with E-state index in [0.29, 0.717) is 32.4 Å². The van der Waals surface area contributed by atoms with Crippen LogP contribution in [0.25, 0.3) is 0 Å². The zero-order valence-electron chi connectivity index (χ0n) is 23.1. The third-order valence-corrected chi connectivity index (χ3v) is 6.88. The van der Waals surface area contributed by atoms with Crippen LogP contribution in [0.5, 0.6) is 11.5 Å². The number of hydrogen-bond acceptors (Lipinski definition) is 4. The number of ether oxygens (including phenoxy) is 2. The Morgan fingerprint density at radius 2 is 1.20 bits per heavy atom. The quantitative estimate of drug-likeness (QED) is 0.242. The van der Waals surface area contributed by atoms with Gasteiger partial charge in [-0.3, -0.25) is 9.59 Å². The van der Waals surface area contributed by atoms with Gasteiger partial charge in [-0.05, 0) is 52.9 Å². The number of carbonyl (C=O) groups is 2. The first-order chi connectivity index (χ1) is 19.6. The summed E-state index contributed by atoms with van der Waals surface area (Å²) < 4.78 is 10.6. The molecule has 0 aliphatic carbocycles. The summed E-state index contributed by atoms with van der Waals surface area (Å²) in [5, 5.41) is 3.08. The molecule has 0 fully saturated rings. The van der Waals surface area contributed by atoms with E-state index in [1.165, 1.54) is 0 Å². The number of carbonyl (C=O) groups excluding carboxylic acids is 2. The highest BCUT2D eigenvalue weighted by molar-refractivity contribution is 5.88. The van der Waals surface area contributed by atoms with Crippen molar-refractivity contribution in [3.05, 3.63) is 131 Å². The fourth-order valence-electron chi connectivity index (χ4n) is 4.57. The van der Waals surface area contributed by atoms with Crippen LogP contribution in [0, 0.1) is 0 Å². The first-order valence-corrected chi connectivity index (χ1v) is 13.5. The Morgan fingerprint density at radius 1 is 0.675 bits per heavy atom. The van der Waals surface area contributed by atoms with Gasteiger partial charge in [-0.25, -0.2) is 0 Å². The molecule has 0 saturated heterocycles. The molecular weight excluding hydrogens is 500 g/mol. The Labute approximate surface area is 236 Å². The molecule has 40 heavy (non-hydrogen) atoms. The third kappa shape index (κ3) is 8.21. The molecule has 6 heteroatoms. The van der Waals surface area contributed by atoms with Crippen molar-refractivity contribution in [2.45, 2.75) is 38.4 Å². The highest BCUT2D eigenvalue weighted by Gasteiger charge is 2.30. The standard InChI is InChI=1S/C34H36N2O4/c1-39-30-18-13-28(14-19-30)24-35-34(38)32(23-27-11-7-4-8-12-27)36(25-29-15-20-31(40-2)21-16-29)33(37)22-17-26-9-5-3-6-10-26/h3-16,18-21,32H,17,22-25H2,1-2H3,(H,35,38)/t32-/m1/s1. The van der Waals surface area contributed by atoms with Gasteiger partial charge in [0.15, 0.2) is 0 Å². The van der Waals surface area contributed by atoms with E-state index >= 15 is 0 Å². The molecule has 0 aromatic heterocycles. The second kappa shape index (κ2) is 14.5. The lowest BCUT2D eigenvalue weighted by Crippen LogP contribution is -2.50. The van der Waals surface area contributed by atoms with Gasteiger partial charge in [-0.2, -0.15) is 0 Å². The van der Waals surface area contributed by atoms with E-state index in [2.05, 4.69) is 5.32 Å². The van der Waals surface area contributed by atoms with Gasteiger partial charge in [0.05, 0.1) is 14.2 Å². The molecule has 0 unspecified atom stereocenters. The van der Waals surface area contributed by atoms with Crippen molar-refractivity contribution in [3.63, 3.8) is 0 Å². The van der Waals surface area contributed by atoms with Gasteiger partial charge < -0.3 is 19.7 Å². The molecule has 1 atom stereocenters. The molecule has 4 aromatic rings. The minimum atomic E-state index is -0.689. The van der Waals surface area contributed by atoms with Crippen molar-refractivity contribution < 1.29 is 19.1 Å². The minimum Gasteiger partial charge on any atom is -0.497 e. The minimum absolute atomic E-state index is 0.0693. The van der Waals surface area contributed by atoms with Gasteiger partial charge >= 0.3 is 0 Å². The molecule has 6 nitrogen and oxygen atoms in total. The van der Waals surface area contributed by atoms with Crippen LogP contribution in [0.4, 0.5) is 0 Å². The Balaban J connectivity index is 1.59. The number of nitrogens with zero attached hydrogens (tertiary/aromatic N) is 1. The van der Waals surface area contributed by atoms with E-state index in [4.69, 9.17) is 9.47 Å². The van der Waals surface area contributed by atoms with Crippen LogP contribution in [-0.2, 0) is 35.5 Å². The normalized spacial score (nSPS) is 11.3. The van der Waals surface area contributed by atoms with Crippen molar-refractivity contribution in [1.29, 1.82) is 0 Å². The number of benzene rings is 4. The summed E-state index contributed by atoms with van der Waals surface area (Å²) in [7, 11) is 3.24. The fourth-order valence-corrected chi connectivity index (χ4v) is 4.57. The van der Waals surface area contributed by atoms with Crippen LogP contribution in [0.15, 0.2) is 109 Å². The molecular formula is C34H36N2O4. The van der Waals surface area contributed by atoms with Gasteiger partial charge in [-0.1, -0.05) is 84.9 Å². The molecule has 0 spiro atoms. The summed E-state index contributed by atoms with van der Waals surface area (Å²) in [6.45, 7) is 0.660. The van der Waals surface area contributed by atoms with E-state index in [1.54, 1.807) is 19.1 Å². The van der Waals surface area contributed by atoms with E-state index in [1.807, 2.05) is 109 Å². The number of amides is 2. The molecule has 4 aromatic carbocycles. The van der Waals surface area contributed by atoms with E-state index in [9.17, 15) is 9.59 Å². The zero-order valence-corrected chi connectivity index (χ0v) is 23.1. The molecule has 4 rings (SSSR count). The average Bonchev–Trinajstić information content (AvgIpc) is 3.02. The van der Waals surface area contributed by atoms with Crippen LogP contribution < -0.4 is 14.8 Å². The second-order valence-electron chi connectivity index (χ2n) is 9.63. The van der Waals surface area contributed by atoms with Crippen molar-refractivity contribution in [2.75, 3.05) is 14.2 Å². The maximum atomic E-state index is 13.8. The Bertz CT molecular complexity index is 1340. The molecule has 0 radical (unpaired) electrons. The molecule has 2 amide bonds. The van der Waals surface area contributed by atoms with Crippen LogP contribution in [0.1, 0.15) is 28.7 Å². The molecule has 0 saturated carbocycles. The largest absolute Gasteiger partial charge is 0.497 e. The number of nitrogens with one attached hydrogen (secondary N) is 1. The van der Waals surface area contributed by atoms with Gasteiger partial charge in [0.2, 0.25) is 11.8 Å². The summed E-state index contributed by atoms with van der Waals surface area (Å²) >= 11 is 0. The molecule has 0 aliphatic rings. The van der Waals surface area contributed by atoms with Gasteiger partial charge in [0, 0.05) is 25.9 Å². The smallest absolute Gasteiger partial charge is 0.243 e. The van der Waals surface area contributed by atoms with Crippen molar-refractivity contribution >= 4 is 11.8 Å². The highest BCUT2D eigenvalue weighted by atomic mass is 16.5. The molecule has 0 aliphatic heterocycles. The predicted octanol–water partition coefficient (Wildman–Crippen LogP) is 5.59. The summed E-state index contributed by atoms with van der Waals surface area (Å²) in [6, 6.07) is 34.3. The number of aryl methyl sites for hydroxylation is 1. The number of hydrogen-bond donors (Lipinski definition) is 1. The fraction of sp³-hybridized carbons (Fsp3) is 0.235. The molecule has 206 valence electrons. The lowest BCUT2D eigenvalue weighted by atomic mass is 10.0. The summed E-state index contributed by atoms with van der Waals surface area (Å²) in [5.74, 6) is 1.23. The monoisotopic (exact) mass is 536 g/mol. The first-order valence-electron chi connectivity index (χ1n) is 13.5. The van der Waals surface area contributed by atoms with Gasteiger partial charge in [0.25, 0.3) is 0 Å². The lowest BCUT2D eigenvalue weighted by Gasteiger charge is -2.32. The van der Waals surface area contributed by atoms with Gasteiger partial charge in [0.1, 0.15) is 17.5 Å². The zero-order chi connectivity index (χ0) is 28.2. The van der Waals surface area contributed by atoms with Crippen molar-refractivity contribution in [2.24, 2.45) is 0 Å². The second-order valence-corrected chi connectivity index (χ2v) is 9.63. The summed E-state index contributed by atoms with van der Waals surface area (Å²) in [5.41, 5.74) is 3.95. The maximum Gasteiger partial charge on any atom is 0.243 e. The summed E-state index contributed by atoms with van der Waals surface area (Å²) in [6.07, 6.45) is 1.31. The Morgan fingerprint density at radius 3 is 1.75 bits per heavy atom. The van der Waals surface area contributed by atoms with Crippen LogP contribution in [0.3, 0.4) is 0 Å². The SMILES string of the molecule is COc1ccc(CNC(=O)[C@@H](Cc2ccccc2)N(Cc2ccc(OC)cc2)C(=O)CCc2ccccc2)cc1. The van der Waals surface area contributed by atoms with Crippen molar-refractivity contribution in [1.82, 2.24) is 10.2 Å². The number of methoxy groups -OCH3 is 2. The molecule has 0 heterocycles. The molecule has 0 bridgehead atoms. The Hall–Kier alpha value is -4.58. The summed E-state index contributed by atoms with van der Waals surface area (Å²) in [4.78, 5) is 29.4. The van der Waals surface area contributed by atoms with E-state index < -0.39 is 6.04 Å². The Kier molecular flexibility index (Phi) is 10.3. The lowest BCUT2D eigenvalue weighted by molar-refractivity contribution is -0.141. The van der Waals surface area contributed by atoms with Crippen LogP contribution in [0.2, 0.25) is 0 Å². The van der Waals surface area contributed by atoms with E-state index in [0.717, 1.165) is 33.8 Å². The topological polar surface area (TPSA) is 67.9 Å².